The molecule has 2 aromatic rings. The fourth-order valence-electron chi connectivity index (χ4n) is 2.50. The molecule has 0 spiro atoms. The third-order valence-corrected chi connectivity index (χ3v) is 3.59. The predicted molar refractivity (Wildman–Crippen MR) is 80.8 cm³/mol. The van der Waals surface area contributed by atoms with Crippen molar-refractivity contribution in [1.82, 2.24) is 9.97 Å². The maximum atomic E-state index is 11.8. The minimum atomic E-state index is -0.0498. The molecular formula is C17H20N2O. The van der Waals surface area contributed by atoms with Crippen molar-refractivity contribution in [3.05, 3.63) is 52.1 Å². The molecule has 1 heterocycles. The van der Waals surface area contributed by atoms with Gasteiger partial charge < -0.3 is 4.98 Å². The molecule has 0 saturated heterocycles. The van der Waals surface area contributed by atoms with Crippen LogP contribution in [0.3, 0.4) is 0 Å². The van der Waals surface area contributed by atoms with Gasteiger partial charge in [-0.15, -0.1) is 0 Å². The zero-order valence-electron chi connectivity index (χ0n) is 12.0. The van der Waals surface area contributed by atoms with E-state index in [0.29, 0.717) is 11.8 Å². The van der Waals surface area contributed by atoms with Crippen molar-refractivity contribution in [2.45, 2.75) is 39.0 Å². The highest BCUT2D eigenvalue weighted by Gasteiger charge is 2.26. The lowest BCUT2D eigenvalue weighted by Gasteiger charge is -2.08. The molecule has 3 heteroatoms. The summed E-state index contributed by atoms with van der Waals surface area (Å²) < 4.78 is 0. The largest absolute Gasteiger partial charge is 0.310 e. The van der Waals surface area contributed by atoms with Crippen molar-refractivity contribution in [3.63, 3.8) is 0 Å². The van der Waals surface area contributed by atoms with Crippen LogP contribution >= 0.6 is 0 Å². The van der Waals surface area contributed by atoms with Crippen LogP contribution in [0.5, 0.6) is 0 Å². The Balaban J connectivity index is 1.97. The highest BCUT2D eigenvalue weighted by molar-refractivity contribution is 5.59. The molecule has 1 aromatic heterocycles. The second-order valence-corrected chi connectivity index (χ2v) is 6.09. The summed E-state index contributed by atoms with van der Waals surface area (Å²) in [5.74, 6) is 1.93. The average molecular weight is 268 g/mol. The number of nitrogens with zero attached hydrogens (tertiary/aromatic N) is 1. The SMILES string of the molecule is CC(C)Cc1cccc(-c2cc(=O)[nH]c(C3CC3)n2)c1. The third kappa shape index (κ3) is 2.98. The summed E-state index contributed by atoms with van der Waals surface area (Å²) in [7, 11) is 0. The summed E-state index contributed by atoms with van der Waals surface area (Å²) in [4.78, 5) is 19.3. The normalized spacial score (nSPS) is 14.8. The highest BCUT2D eigenvalue weighted by Crippen LogP contribution is 2.38. The van der Waals surface area contributed by atoms with E-state index in [1.54, 1.807) is 6.07 Å². The summed E-state index contributed by atoms with van der Waals surface area (Å²) >= 11 is 0. The fourth-order valence-corrected chi connectivity index (χ4v) is 2.50. The van der Waals surface area contributed by atoms with E-state index in [0.717, 1.165) is 36.3 Å². The van der Waals surface area contributed by atoms with E-state index < -0.39 is 0 Å². The molecule has 0 amide bonds. The first-order chi connectivity index (χ1) is 9.61. The van der Waals surface area contributed by atoms with Gasteiger partial charge in [-0.05, 0) is 36.8 Å². The summed E-state index contributed by atoms with van der Waals surface area (Å²) in [6, 6.07) is 9.96. The van der Waals surface area contributed by atoms with Crippen molar-refractivity contribution >= 4 is 0 Å². The van der Waals surface area contributed by atoms with Gasteiger partial charge in [-0.2, -0.15) is 0 Å². The summed E-state index contributed by atoms with van der Waals surface area (Å²) in [6.45, 7) is 4.42. The maximum absolute atomic E-state index is 11.8. The van der Waals surface area contributed by atoms with Gasteiger partial charge in [-0.1, -0.05) is 32.0 Å². The smallest absolute Gasteiger partial charge is 0.251 e. The lowest BCUT2D eigenvalue weighted by molar-refractivity contribution is 0.647. The molecule has 104 valence electrons. The molecule has 1 aliphatic carbocycles. The number of rotatable bonds is 4. The molecule has 3 rings (SSSR count). The molecule has 1 fully saturated rings. The van der Waals surface area contributed by atoms with Crippen LogP contribution in [0.4, 0.5) is 0 Å². The molecular weight excluding hydrogens is 248 g/mol. The van der Waals surface area contributed by atoms with Crippen LogP contribution in [0.25, 0.3) is 11.3 Å². The highest BCUT2D eigenvalue weighted by atomic mass is 16.1. The van der Waals surface area contributed by atoms with Gasteiger partial charge in [-0.25, -0.2) is 4.98 Å². The Hall–Kier alpha value is -1.90. The van der Waals surface area contributed by atoms with Gasteiger partial charge in [0.1, 0.15) is 5.82 Å². The van der Waals surface area contributed by atoms with Crippen molar-refractivity contribution in [2.24, 2.45) is 5.92 Å². The fraction of sp³-hybridized carbons (Fsp3) is 0.412. The molecule has 3 nitrogen and oxygen atoms in total. The first-order valence-electron chi connectivity index (χ1n) is 7.32. The Kier molecular flexibility index (Phi) is 3.43. The van der Waals surface area contributed by atoms with Crippen LogP contribution in [-0.2, 0) is 6.42 Å². The number of aromatic amines is 1. The Bertz CT molecular complexity index is 669. The van der Waals surface area contributed by atoms with Gasteiger partial charge in [0.25, 0.3) is 5.56 Å². The van der Waals surface area contributed by atoms with E-state index in [9.17, 15) is 4.79 Å². The van der Waals surface area contributed by atoms with Crippen molar-refractivity contribution < 1.29 is 0 Å². The second-order valence-electron chi connectivity index (χ2n) is 6.09. The van der Waals surface area contributed by atoms with Crippen LogP contribution in [0.1, 0.15) is 44.0 Å². The molecule has 0 aliphatic heterocycles. The average Bonchev–Trinajstić information content (AvgIpc) is 3.22. The monoisotopic (exact) mass is 268 g/mol. The minimum absolute atomic E-state index is 0.0498. The summed E-state index contributed by atoms with van der Waals surface area (Å²) in [6.07, 6.45) is 3.33. The van der Waals surface area contributed by atoms with Gasteiger partial charge in [0.2, 0.25) is 0 Å². The van der Waals surface area contributed by atoms with Crippen molar-refractivity contribution in [3.8, 4) is 11.3 Å². The van der Waals surface area contributed by atoms with Crippen LogP contribution in [0, 0.1) is 5.92 Å². The number of aromatic nitrogens is 2. The number of H-pyrrole nitrogens is 1. The van der Waals surface area contributed by atoms with Crippen molar-refractivity contribution in [1.29, 1.82) is 0 Å². The Morgan fingerprint density at radius 3 is 2.80 bits per heavy atom. The summed E-state index contributed by atoms with van der Waals surface area (Å²) in [5.41, 5.74) is 3.08. The molecule has 1 aromatic carbocycles. The maximum Gasteiger partial charge on any atom is 0.251 e. The Labute approximate surface area is 119 Å². The van der Waals surface area contributed by atoms with Gasteiger partial charge in [0.15, 0.2) is 0 Å². The van der Waals surface area contributed by atoms with Crippen LogP contribution in [0.15, 0.2) is 35.1 Å². The van der Waals surface area contributed by atoms with Gasteiger partial charge >= 0.3 is 0 Å². The number of hydrogen-bond acceptors (Lipinski definition) is 2. The van der Waals surface area contributed by atoms with E-state index in [4.69, 9.17) is 0 Å². The third-order valence-electron chi connectivity index (χ3n) is 3.59. The molecule has 0 atom stereocenters. The molecule has 1 saturated carbocycles. The van der Waals surface area contributed by atoms with E-state index in [1.165, 1.54) is 5.56 Å². The number of hydrogen-bond donors (Lipinski definition) is 1. The van der Waals surface area contributed by atoms with Gasteiger partial charge in [-0.3, -0.25) is 4.79 Å². The lowest BCUT2D eigenvalue weighted by Crippen LogP contribution is -2.10. The first kappa shape index (κ1) is 13.1. The van der Waals surface area contributed by atoms with Crippen molar-refractivity contribution in [2.75, 3.05) is 0 Å². The van der Waals surface area contributed by atoms with Crippen LogP contribution in [-0.4, -0.2) is 9.97 Å². The first-order valence-corrected chi connectivity index (χ1v) is 7.32. The summed E-state index contributed by atoms with van der Waals surface area (Å²) in [5, 5.41) is 0. The van der Waals surface area contributed by atoms with Gasteiger partial charge in [0, 0.05) is 17.5 Å². The van der Waals surface area contributed by atoms with E-state index in [1.807, 2.05) is 12.1 Å². The lowest BCUT2D eigenvalue weighted by atomic mass is 10.00. The molecule has 0 bridgehead atoms. The minimum Gasteiger partial charge on any atom is -0.310 e. The zero-order valence-corrected chi connectivity index (χ0v) is 12.0. The number of benzene rings is 1. The Morgan fingerprint density at radius 1 is 1.30 bits per heavy atom. The van der Waals surface area contributed by atoms with E-state index in [-0.39, 0.29) is 5.56 Å². The quantitative estimate of drug-likeness (QED) is 0.922. The van der Waals surface area contributed by atoms with Crippen LogP contribution in [0.2, 0.25) is 0 Å². The molecule has 0 unspecified atom stereocenters. The molecule has 1 aliphatic rings. The molecule has 1 N–H and O–H groups in total. The molecule has 0 radical (unpaired) electrons. The zero-order chi connectivity index (χ0) is 14.1. The number of nitrogens with one attached hydrogen (secondary N) is 1. The van der Waals surface area contributed by atoms with Gasteiger partial charge in [0.05, 0.1) is 5.69 Å². The molecule has 20 heavy (non-hydrogen) atoms. The predicted octanol–water partition coefficient (Wildman–Crippen LogP) is 3.51. The van der Waals surface area contributed by atoms with E-state index >= 15 is 0 Å². The topological polar surface area (TPSA) is 45.8 Å². The van der Waals surface area contributed by atoms with E-state index in [2.05, 4.69) is 35.9 Å². The van der Waals surface area contributed by atoms with Crippen LogP contribution < -0.4 is 5.56 Å². The second kappa shape index (κ2) is 5.23. The standard InChI is InChI=1S/C17H20N2O/c1-11(2)8-12-4-3-5-14(9-12)15-10-16(20)19-17(18-15)13-6-7-13/h3-5,9-11,13H,6-8H2,1-2H3,(H,18,19,20). The Morgan fingerprint density at radius 2 is 2.10 bits per heavy atom.